The third-order valence-electron chi connectivity index (χ3n) is 1.84. The van der Waals surface area contributed by atoms with Gasteiger partial charge in [0.05, 0.1) is 1.37 Å². The van der Waals surface area contributed by atoms with Crippen molar-refractivity contribution in [2.75, 3.05) is 6.54 Å². The summed E-state index contributed by atoms with van der Waals surface area (Å²) in [5.74, 6) is 0. The van der Waals surface area contributed by atoms with Crippen molar-refractivity contribution in [1.29, 1.82) is 0 Å². The average Bonchev–Trinajstić information content (AvgIpc) is 2.37. The van der Waals surface area contributed by atoms with Crippen LogP contribution in [-0.4, -0.2) is 12.6 Å². The molecule has 0 saturated carbocycles. The second-order valence-corrected chi connectivity index (χ2v) is 2.81. The highest BCUT2D eigenvalue weighted by atomic mass is 14.9. The van der Waals surface area contributed by atoms with E-state index in [-0.39, 0.29) is 0 Å². The van der Waals surface area contributed by atoms with Crippen molar-refractivity contribution in [3.05, 3.63) is 12.1 Å². The van der Waals surface area contributed by atoms with Gasteiger partial charge in [-0.1, -0.05) is 25.5 Å². The van der Waals surface area contributed by atoms with Crippen molar-refractivity contribution >= 4 is 0 Å². The first-order chi connectivity index (χ1) is 5.34. The molecule has 0 aromatic carbocycles. The maximum atomic E-state index is 7.52. The zero-order valence-electron chi connectivity index (χ0n) is 7.69. The summed E-state index contributed by atoms with van der Waals surface area (Å²) in [4.78, 5) is 0. The van der Waals surface area contributed by atoms with Crippen molar-refractivity contribution in [3.8, 4) is 0 Å². The average molecular weight is 140 g/mol. The van der Waals surface area contributed by atoms with Crippen LogP contribution in [0.5, 0.6) is 0 Å². The van der Waals surface area contributed by atoms with E-state index in [0.29, 0.717) is 6.04 Å². The van der Waals surface area contributed by atoms with Crippen LogP contribution in [0.2, 0.25) is 0 Å². The van der Waals surface area contributed by atoms with Crippen molar-refractivity contribution < 1.29 is 1.37 Å². The number of rotatable bonds is 4. The molecule has 0 spiro atoms. The molecule has 58 valence electrons. The molecular weight excluding hydrogens is 122 g/mol. The Bertz CT molecular complexity index is 142. The van der Waals surface area contributed by atoms with Crippen molar-refractivity contribution in [3.63, 3.8) is 0 Å². The largest absolute Gasteiger partial charge is 0.311 e. The van der Waals surface area contributed by atoms with Crippen LogP contribution in [0.3, 0.4) is 0 Å². The fourth-order valence-electron chi connectivity index (χ4n) is 1.17. The molecule has 0 aromatic heterocycles. The number of hydrogen-bond acceptors (Lipinski definition) is 1. The molecule has 1 atom stereocenters. The van der Waals surface area contributed by atoms with E-state index in [0.717, 1.165) is 25.4 Å². The molecule has 0 heterocycles. The van der Waals surface area contributed by atoms with Crippen LogP contribution in [0.1, 0.15) is 34.0 Å². The zero-order chi connectivity index (χ0) is 8.10. The molecule has 0 fully saturated rings. The predicted octanol–water partition coefficient (Wildman–Crippen LogP) is 2.09. The monoisotopic (exact) mass is 140 g/mol. The lowest BCUT2D eigenvalue weighted by molar-refractivity contribution is 0.562. The van der Waals surface area contributed by atoms with Crippen LogP contribution >= 0.6 is 0 Å². The quantitative estimate of drug-likeness (QED) is 0.466. The van der Waals surface area contributed by atoms with Gasteiger partial charge in [-0.05, 0) is 25.8 Å². The molecule has 0 aliphatic heterocycles. The fourth-order valence-corrected chi connectivity index (χ4v) is 1.17. The molecule has 0 bridgehead atoms. The van der Waals surface area contributed by atoms with Gasteiger partial charge in [0.2, 0.25) is 0 Å². The molecule has 0 aromatic rings. The molecule has 1 unspecified atom stereocenters. The molecule has 10 heavy (non-hydrogen) atoms. The second-order valence-electron chi connectivity index (χ2n) is 2.81. The Hall–Kier alpha value is -0.300. The third kappa shape index (κ3) is 2.53. The molecule has 1 aliphatic rings. The first-order valence-electron chi connectivity index (χ1n) is 4.74. The maximum absolute atomic E-state index is 7.52. The van der Waals surface area contributed by atoms with Gasteiger partial charge in [0.15, 0.2) is 0 Å². The van der Waals surface area contributed by atoms with Crippen LogP contribution in [0.25, 0.3) is 0 Å². The van der Waals surface area contributed by atoms with Crippen LogP contribution in [-0.2, 0) is 0 Å². The number of hydrogen-bond donors (Lipinski definition) is 1. The van der Waals surface area contributed by atoms with Crippen molar-refractivity contribution in [2.45, 2.75) is 38.6 Å². The Labute approximate surface area is 64.9 Å². The third-order valence-corrected chi connectivity index (χ3v) is 1.84. The lowest BCUT2D eigenvalue weighted by Gasteiger charge is -2.08. The Balaban J connectivity index is 2.12. The highest BCUT2D eigenvalue weighted by Gasteiger charge is 2.05. The normalized spacial score (nSPS) is 26.3. The Morgan fingerprint density at radius 1 is 1.80 bits per heavy atom. The molecular formula is C9H17N. The first-order valence-corrected chi connectivity index (χ1v) is 4.24. The van der Waals surface area contributed by atoms with Gasteiger partial charge in [0, 0.05) is 6.04 Å². The first kappa shape index (κ1) is 6.41. The van der Waals surface area contributed by atoms with E-state index in [1.54, 1.807) is 0 Å². The number of allylic oxidation sites excluding steroid dienone is 1. The summed E-state index contributed by atoms with van der Waals surface area (Å²) in [6.07, 6.45) is 6.69. The topological polar surface area (TPSA) is 12.0 Å². The van der Waals surface area contributed by atoms with Gasteiger partial charge in [0.1, 0.15) is 0 Å². The molecule has 1 N–H and O–H groups in total. The molecule has 1 aliphatic carbocycles. The smallest absolute Gasteiger partial charge is 0.0589 e. The minimum absolute atomic E-state index is 0.363. The predicted molar refractivity (Wildman–Crippen MR) is 45.1 cm³/mol. The number of nitrogens with one attached hydrogen (secondary N) is 1. The zero-order valence-corrected chi connectivity index (χ0v) is 6.69. The highest BCUT2D eigenvalue weighted by molar-refractivity contribution is 5.00. The molecule has 0 radical (unpaired) electrons. The molecule has 1 rings (SSSR count). The van der Waals surface area contributed by atoms with Gasteiger partial charge in [0.25, 0.3) is 0 Å². The summed E-state index contributed by atoms with van der Waals surface area (Å²) >= 11 is 0. The minimum atomic E-state index is 0.363. The SMILES string of the molecule is [2H]C1=CCCC1NCCCC. The lowest BCUT2D eigenvalue weighted by atomic mass is 10.2. The second kappa shape index (κ2) is 4.51. The molecule has 1 nitrogen and oxygen atoms in total. The minimum Gasteiger partial charge on any atom is -0.311 e. The number of unbranched alkanes of at least 4 members (excludes halogenated alkanes) is 1. The summed E-state index contributed by atoms with van der Waals surface area (Å²) in [6.45, 7) is 3.26. The van der Waals surface area contributed by atoms with E-state index < -0.39 is 0 Å². The standard InChI is InChI=1S/C9H17N/c1-2-3-8-10-9-6-4-5-7-9/h4,6,9-10H,2-3,5,7-8H2,1H3/i6D. The van der Waals surface area contributed by atoms with Crippen LogP contribution in [0.4, 0.5) is 0 Å². The van der Waals surface area contributed by atoms with E-state index in [1.807, 2.05) is 6.08 Å². The van der Waals surface area contributed by atoms with E-state index in [1.165, 1.54) is 12.8 Å². The molecule has 0 saturated heterocycles. The maximum Gasteiger partial charge on any atom is 0.0589 e. The van der Waals surface area contributed by atoms with Crippen LogP contribution in [0, 0.1) is 0 Å². The van der Waals surface area contributed by atoms with Crippen LogP contribution < -0.4 is 5.32 Å². The summed E-state index contributed by atoms with van der Waals surface area (Å²) in [5, 5.41) is 3.38. The van der Waals surface area contributed by atoms with Gasteiger partial charge in [-0.2, -0.15) is 0 Å². The van der Waals surface area contributed by atoms with Gasteiger partial charge < -0.3 is 5.32 Å². The van der Waals surface area contributed by atoms with Gasteiger partial charge in [-0.25, -0.2) is 0 Å². The Morgan fingerprint density at radius 2 is 2.70 bits per heavy atom. The molecule has 1 heteroatoms. The van der Waals surface area contributed by atoms with Gasteiger partial charge in [-0.3, -0.25) is 0 Å². The van der Waals surface area contributed by atoms with Crippen molar-refractivity contribution in [1.82, 2.24) is 5.32 Å². The molecule has 0 amide bonds. The van der Waals surface area contributed by atoms with Gasteiger partial charge in [-0.15, -0.1) is 0 Å². The fraction of sp³-hybridized carbons (Fsp3) is 0.778. The Morgan fingerprint density at radius 3 is 3.30 bits per heavy atom. The van der Waals surface area contributed by atoms with Crippen LogP contribution in [0.15, 0.2) is 12.1 Å². The summed E-state index contributed by atoms with van der Waals surface area (Å²) < 4.78 is 7.52. The van der Waals surface area contributed by atoms with E-state index in [2.05, 4.69) is 12.2 Å². The van der Waals surface area contributed by atoms with Gasteiger partial charge >= 0.3 is 0 Å². The summed E-state index contributed by atoms with van der Waals surface area (Å²) in [7, 11) is 0. The van der Waals surface area contributed by atoms with E-state index >= 15 is 0 Å². The van der Waals surface area contributed by atoms with E-state index in [9.17, 15) is 0 Å². The highest BCUT2D eigenvalue weighted by Crippen LogP contribution is 2.08. The lowest BCUT2D eigenvalue weighted by Crippen LogP contribution is -2.25. The summed E-state index contributed by atoms with van der Waals surface area (Å²) in [6, 6.07) is 1.16. The Kier molecular flexibility index (Phi) is 2.89. The van der Waals surface area contributed by atoms with E-state index in [4.69, 9.17) is 1.37 Å². The summed E-state index contributed by atoms with van der Waals surface area (Å²) in [5.41, 5.74) is 0. The van der Waals surface area contributed by atoms with Crippen molar-refractivity contribution in [2.24, 2.45) is 0 Å².